The maximum atomic E-state index is 11.9. The summed E-state index contributed by atoms with van der Waals surface area (Å²) in [6, 6.07) is 9.39. The van der Waals surface area contributed by atoms with Crippen LogP contribution in [0.2, 0.25) is 0 Å². The fourth-order valence-electron chi connectivity index (χ4n) is 2.78. The van der Waals surface area contributed by atoms with E-state index in [1.165, 1.54) is 0 Å². The molecular weight excluding hydrogens is 316 g/mol. The van der Waals surface area contributed by atoms with E-state index >= 15 is 0 Å². The van der Waals surface area contributed by atoms with Crippen LogP contribution in [-0.2, 0) is 9.53 Å². The van der Waals surface area contributed by atoms with Gasteiger partial charge in [-0.15, -0.1) is 0 Å². The van der Waals surface area contributed by atoms with Crippen LogP contribution in [0.1, 0.15) is 59.8 Å². The van der Waals surface area contributed by atoms with Crippen molar-refractivity contribution >= 4 is 5.97 Å². The molecule has 1 rings (SSSR count). The summed E-state index contributed by atoms with van der Waals surface area (Å²) in [6.07, 6.45) is 4.52. The number of benzene rings is 1. The third-order valence-corrected chi connectivity index (χ3v) is 4.22. The van der Waals surface area contributed by atoms with Gasteiger partial charge in [-0.3, -0.25) is 0 Å². The van der Waals surface area contributed by atoms with Crippen LogP contribution in [0.3, 0.4) is 0 Å². The molecule has 0 aliphatic heterocycles. The van der Waals surface area contributed by atoms with Crippen LogP contribution < -0.4 is 4.74 Å². The highest BCUT2D eigenvalue weighted by atomic mass is 16.5. The second kappa shape index (κ2) is 10.9. The highest BCUT2D eigenvalue weighted by molar-refractivity contribution is 5.87. The van der Waals surface area contributed by atoms with Crippen molar-refractivity contribution in [1.82, 2.24) is 0 Å². The summed E-state index contributed by atoms with van der Waals surface area (Å²) >= 11 is 0. The number of carboxylic acid groups (broad SMARTS) is 1. The van der Waals surface area contributed by atoms with Crippen molar-refractivity contribution in [3.63, 3.8) is 0 Å². The molecule has 0 aromatic heterocycles. The van der Waals surface area contributed by atoms with E-state index in [4.69, 9.17) is 9.47 Å². The van der Waals surface area contributed by atoms with E-state index in [0.717, 1.165) is 25.7 Å². The quantitative estimate of drug-likeness (QED) is 0.310. The van der Waals surface area contributed by atoms with Crippen LogP contribution in [0, 0.1) is 5.41 Å². The molecule has 0 saturated heterocycles. The maximum absolute atomic E-state index is 11.9. The van der Waals surface area contributed by atoms with Crippen LogP contribution in [0.4, 0.5) is 0 Å². The summed E-state index contributed by atoms with van der Waals surface area (Å²) in [7, 11) is 0. The van der Waals surface area contributed by atoms with Gasteiger partial charge in [-0.05, 0) is 25.5 Å². The van der Waals surface area contributed by atoms with E-state index in [-0.39, 0.29) is 5.41 Å². The van der Waals surface area contributed by atoms with Crippen molar-refractivity contribution in [3.8, 4) is 5.75 Å². The van der Waals surface area contributed by atoms with Crippen molar-refractivity contribution in [1.29, 1.82) is 0 Å². The minimum Gasteiger partial charge on any atom is -0.478 e. The Kier molecular flexibility index (Phi) is 9.28. The Bertz CT molecular complexity index is 546. The Balaban J connectivity index is 3.17. The molecule has 0 radical (unpaired) electrons. The minimum absolute atomic E-state index is 0.304. The molecule has 0 unspecified atom stereocenters. The van der Waals surface area contributed by atoms with Crippen molar-refractivity contribution < 1.29 is 19.4 Å². The number of unbranched alkanes of at least 4 members (excludes halogenated alkanes) is 2. The predicted octanol–water partition coefficient (Wildman–Crippen LogP) is 5.44. The Labute approximate surface area is 151 Å². The largest absolute Gasteiger partial charge is 0.478 e. The Hall–Kier alpha value is -1.81. The van der Waals surface area contributed by atoms with Gasteiger partial charge >= 0.3 is 5.97 Å². The fraction of sp³-hybridized carbons (Fsp3) is 0.571. The Morgan fingerprint density at radius 1 is 1.12 bits per heavy atom. The first-order chi connectivity index (χ1) is 11.9. The van der Waals surface area contributed by atoms with Gasteiger partial charge in [0, 0.05) is 18.4 Å². The zero-order valence-corrected chi connectivity index (χ0v) is 16.0. The van der Waals surface area contributed by atoms with Gasteiger partial charge in [0.1, 0.15) is 11.5 Å². The summed E-state index contributed by atoms with van der Waals surface area (Å²) in [4.78, 5) is 11.9. The van der Waals surface area contributed by atoms with E-state index < -0.39 is 5.97 Å². The average molecular weight is 348 g/mol. The van der Waals surface area contributed by atoms with Crippen LogP contribution in [0.15, 0.2) is 41.7 Å². The number of rotatable bonds is 12. The highest BCUT2D eigenvalue weighted by Gasteiger charge is 2.31. The Morgan fingerprint density at radius 3 is 2.36 bits per heavy atom. The van der Waals surface area contributed by atoms with Gasteiger partial charge in [0.05, 0.1) is 12.2 Å². The topological polar surface area (TPSA) is 55.8 Å². The summed E-state index contributed by atoms with van der Waals surface area (Å²) in [5.41, 5.74) is -0.0518. The zero-order chi connectivity index (χ0) is 18.7. The molecule has 0 atom stereocenters. The molecule has 4 heteroatoms. The second-order valence-corrected chi connectivity index (χ2v) is 6.82. The second-order valence-electron chi connectivity index (χ2n) is 6.82. The summed E-state index contributed by atoms with van der Waals surface area (Å²) in [5.74, 6) is 0.271. The van der Waals surface area contributed by atoms with Gasteiger partial charge in [-0.1, -0.05) is 58.2 Å². The molecule has 1 aromatic rings. The molecule has 4 nitrogen and oxygen atoms in total. The first kappa shape index (κ1) is 21.2. The molecule has 0 bridgehead atoms. The van der Waals surface area contributed by atoms with E-state index in [1.54, 1.807) is 0 Å². The number of carbonyl (C=O) groups is 1. The zero-order valence-electron chi connectivity index (χ0n) is 16.0. The van der Waals surface area contributed by atoms with E-state index in [2.05, 4.69) is 20.8 Å². The molecule has 1 aromatic carbocycles. The molecule has 0 spiro atoms. The summed E-state index contributed by atoms with van der Waals surface area (Å²) < 4.78 is 11.5. The van der Waals surface area contributed by atoms with Crippen LogP contribution in [-0.4, -0.2) is 24.3 Å². The average Bonchev–Trinajstić information content (AvgIpc) is 2.58. The fourth-order valence-corrected chi connectivity index (χ4v) is 2.78. The molecular formula is C21H32O4. The Morgan fingerprint density at radius 2 is 1.80 bits per heavy atom. The van der Waals surface area contributed by atoms with Crippen molar-refractivity contribution in [2.24, 2.45) is 5.41 Å². The lowest BCUT2D eigenvalue weighted by molar-refractivity contribution is -0.133. The number of para-hydroxylation sites is 1. The molecule has 0 fully saturated rings. The maximum Gasteiger partial charge on any atom is 0.335 e. The molecule has 25 heavy (non-hydrogen) atoms. The number of hydrogen-bond donors (Lipinski definition) is 1. The van der Waals surface area contributed by atoms with Crippen LogP contribution >= 0.6 is 0 Å². The normalized spacial score (nSPS) is 12.6. The van der Waals surface area contributed by atoms with E-state index in [1.807, 2.05) is 37.3 Å². The molecule has 0 aliphatic carbocycles. The number of carboxylic acids is 1. The molecule has 0 amide bonds. The van der Waals surface area contributed by atoms with Gasteiger partial charge in [0.25, 0.3) is 0 Å². The first-order valence-corrected chi connectivity index (χ1v) is 9.20. The van der Waals surface area contributed by atoms with E-state index in [9.17, 15) is 9.90 Å². The number of hydrogen-bond acceptors (Lipinski definition) is 3. The molecule has 0 saturated carbocycles. The third-order valence-electron chi connectivity index (χ3n) is 4.22. The number of ether oxygens (including phenoxy) is 2. The SMILES string of the molecule is CCCCCC(C)(C)C(Oc1ccccc1)=C(CCOCC)C(=O)O. The monoisotopic (exact) mass is 348 g/mol. The van der Waals surface area contributed by atoms with Crippen molar-refractivity contribution in [3.05, 3.63) is 41.7 Å². The van der Waals surface area contributed by atoms with Crippen LogP contribution in [0.5, 0.6) is 5.75 Å². The van der Waals surface area contributed by atoms with Gasteiger partial charge in [-0.25, -0.2) is 4.79 Å². The highest BCUT2D eigenvalue weighted by Crippen LogP contribution is 2.37. The van der Waals surface area contributed by atoms with Crippen LogP contribution in [0.25, 0.3) is 0 Å². The van der Waals surface area contributed by atoms with Crippen molar-refractivity contribution in [2.75, 3.05) is 13.2 Å². The summed E-state index contributed by atoms with van der Waals surface area (Å²) in [6.45, 7) is 9.14. The third kappa shape index (κ3) is 7.30. The van der Waals surface area contributed by atoms with Gasteiger partial charge in [-0.2, -0.15) is 0 Å². The van der Waals surface area contributed by atoms with Crippen molar-refractivity contribution in [2.45, 2.75) is 59.8 Å². The predicted molar refractivity (Wildman–Crippen MR) is 101 cm³/mol. The lowest BCUT2D eigenvalue weighted by atomic mass is 9.82. The molecule has 0 heterocycles. The van der Waals surface area contributed by atoms with Gasteiger partial charge < -0.3 is 14.6 Å². The van der Waals surface area contributed by atoms with Gasteiger partial charge in [0.15, 0.2) is 0 Å². The lowest BCUT2D eigenvalue weighted by Crippen LogP contribution is -2.24. The first-order valence-electron chi connectivity index (χ1n) is 9.20. The molecule has 1 N–H and O–H groups in total. The molecule has 0 aliphatic rings. The standard InChI is InChI=1S/C21H32O4/c1-5-7-11-15-21(3,4)19(25-17-12-9-8-10-13-17)18(20(22)23)14-16-24-6-2/h8-10,12-13H,5-7,11,14-16H2,1-4H3,(H,22,23). The number of aliphatic carboxylic acids is 1. The summed E-state index contributed by atoms with van der Waals surface area (Å²) in [5, 5.41) is 9.76. The van der Waals surface area contributed by atoms with E-state index in [0.29, 0.717) is 36.7 Å². The minimum atomic E-state index is -0.936. The number of allylic oxidation sites excluding steroid dienone is 1. The van der Waals surface area contributed by atoms with Gasteiger partial charge in [0.2, 0.25) is 0 Å². The lowest BCUT2D eigenvalue weighted by Gasteiger charge is -2.30. The smallest absolute Gasteiger partial charge is 0.335 e. The molecule has 140 valence electrons.